The summed E-state index contributed by atoms with van der Waals surface area (Å²) in [5.41, 5.74) is 0.0604. The summed E-state index contributed by atoms with van der Waals surface area (Å²) in [7, 11) is 0. The number of hydrogen-bond donors (Lipinski definition) is 0. The maximum absolute atomic E-state index is 11.8. The average Bonchev–Trinajstić information content (AvgIpc) is 2.56. The lowest BCUT2D eigenvalue weighted by atomic mass is 9.81. The zero-order chi connectivity index (χ0) is 14.7. The minimum Gasteiger partial charge on any atom is -0.375 e. The molecule has 0 saturated carbocycles. The van der Waals surface area contributed by atoms with E-state index in [2.05, 4.69) is 4.90 Å². The van der Waals surface area contributed by atoms with Gasteiger partial charge in [0.25, 0.3) is 0 Å². The summed E-state index contributed by atoms with van der Waals surface area (Å²) in [6.45, 7) is 7.19. The Balaban J connectivity index is 1.57. The van der Waals surface area contributed by atoms with Crippen molar-refractivity contribution in [3.05, 3.63) is 0 Å². The number of nitrogens with zero attached hydrogens (tertiary/aromatic N) is 2. The van der Waals surface area contributed by atoms with E-state index in [1.54, 1.807) is 0 Å². The summed E-state index contributed by atoms with van der Waals surface area (Å²) in [4.78, 5) is 16.6. The van der Waals surface area contributed by atoms with Crippen molar-refractivity contribution < 1.29 is 9.53 Å². The van der Waals surface area contributed by atoms with Gasteiger partial charge in [-0.05, 0) is 51.6 Å². The molecule has 3 saturated heterocycles. The number of carbonyl (C=O) groups is 1. The highest BCUT2D eigenvalue weighted by molar-refractivity contribution is 5.75. The molecule has 4 nitrogen and oxygen atoms in total. The van der Waals surface area contributed by atoms with E-state index in [4.69, 9.17) is 4.74 Å². The van der Waals surface area contributed by atoms with Crippen LogP contribution in [-0.4, -0.2) is 60.1 Å². The number of rotatable bonds is 2. The maximum Gasteiger partial charge on any atom is 0.222 e. The van der Waals surface area contributed by atoms with Crippen LogP contribution in [0.2, 0.25) is 0 Å². The van der Waals surface area contributed by atoms with Gasteiger partial charge >= 0.3 is 0 Å². The van der Waals surface area contributed by atoms with E-state index in [1.807, 2.05) is 11.8 Å². The highest BCUT2D eigenvalue weighted by Gasteiger charge is 2.42. The third-order valence-corrected chi connectivity index (χ3v) is 5.70. The molecule has 0 aromatic heterocycles. The quantitative estimate of drug-likeness (QED) is 0.784. The smallest absolute Gasteiger partial charge is 0.222 e. The van der Waals surface area contributed by atoms with Crippen molar-refractivity contribution in [3.63, 3.8) is 0 Å². The van der Waals surface area contributed by atoms with E-state index in [0.29, 0.717) is 18.4 Å². The lowest BCUT2D eigenvalue weighted by Gasteiger charge is -2.49. The first-order chi connectivity index (χ1) is 10.2. The molecule has 21 heavy (non-hydrogen) atoms. The second-order valence-corrected chi connectivity index (χ2v) is 7.01. The number of amides is 1. The third-order valence-electron chi connectivity index (χ3n) is 5.70. The van der Waals surface area contributed by atoms with Crippen molar-refractivity contribution in [1.29, 1.82) is 0 Å². The van der Waals surface area contributed by atoms with Gasteiger partial charge in [-0.2, -0.15) is 0 Å². The van der Waals surface area contributed by atoms with Crippen LogP contribution in [0.3, 0.4) is 0 Å². The highest BCUT2D eigenvalue weighted by atomic mass is 16.5. The van der Waals surface area contributed by atoms with E-state index >= 15 is 0 Å². The summed E-state index contributed by atoms with van der Waals surface area (Å²) in [6, 6.07) is 0.715. The van der Waals surface area contributed by atoms with Gasteiger partial charge in [0.15, 0.2) is 0 Å². The molecule has 120 valence electrons. The van der Waals surface area contributed by atoms with Crippen LogP contribution >= 0.6 is 0 Å². The largest absolute Gasteiger partial charge is 0.375 e. The van der Waals surface area contributed by atoms with Gasteiger partial charge in [-0.3, -0.25) is 4.79 Å². The van der Waals surface area contributed by atoms with E-state index in [-0.39, 0.29) is 5.60 Å². The molecular weight excluding hydrogens is 264 g/mol. The Morgan fingerprint density at radius 3 is 2.52 bits per heavy atom. The number of hydrogen-bond acceptors (Lipinski definition) is 3. The Morgan fingerprint density at radius 2 is 1.86 bits per heavy atom. The van der Waals surface area contributed by atoms with Gasteiger partial charge in [0.2, 0.25) is 5.91 Å². The lowest BCUT2D eigenvalue weighted by molar-refractivity contribution is -0.149. The van der Waals surface area contributed by atoms with Crippen molar-refractivity contribution in [2.45, 2.75) is 69.9 Å². The zero-order valence-electron chi connectivity index (χ0n) is 13.5. The molecule has 3 fully saturated rings. The Labute approximate surface area is 128 Å². The van der Waals surface area contributed by atoms with Crippen LogP contribution in [0.5, 0.6) is 0 Å². The summed E-state index contributed by atoms with van der Waals surface area (Å²) < 4.78 is 6.22. The SMILES string of the molecule is CCC(=O)N1CCC2(CC1)CC(N1CCCCC1)CCO2. The van der Waals surface area contributed by atoms with E-state index in [1.165, 1.54) is 45.2 Å². The molecule has 0 aromatic rings. The van der Waals surface area contributed by atoms with Crippen LogP contribution < -0.4 is 0 Å². The van der Waals surface area contributed by atoms with Crippen LogP contribution in [0.1, 0.15) is 58.3 Å². The number of likely N-dealkylation sites (tertiary alicyclic amines) is 2. The molecule has 3 heterocycles. The molecule has 3 aliphatic heterocycles. The molecule has 0 bridgehead atoms. The van der Waals surface area contributed by atoms with Crippen LogP contribution in [0.25, 0.3) is 0 Å². The summed E-state index contributed by atoms with van der Waals surface area (Å²) in [5.74, 6) is 0.299. The molecule has 1 atom stereocenters. The average molecular weight is 294 g/mol. The van der Waals surface area contributed by atoms with E-state index in [9.17, 15) is 4.79 Å². The Hall–Kier alpha value is -0.610. The Morgan fingerprint density at radius 1 is 1.14 bits per heavy atom. The predicted octanol–water partition coefficient (Wildman–Crippen LogP) is 2.42. The first kappa shape index (κ1) is 15.3. The summed E-state index contributed by atoms with van der Waals surface area (Å²) in [5, 5.41) is 0. The second kappa shape index (κ2) is 6.66. The molecule has 1 amide bonds. The topological polar surface area (TPSA) is 32.8 Å². The van der Waals surface area contributed by atoms with Crippen LogP contribution in [0.4, 0.5) is 0 Å². The second-order valence-electron chi connectivity index (χ2n) is 7.01. The van der Waals surface area contributed by atoms with Crippen LogP contribution in [0.15, 0.2) is 0 Å². The molecular formula is C17H30N2O2. The normalized spacial score (nSPS) is 30.5. The Kier molecular flexibility index (Phi) is 4.85. The van der Waals surface area contributed by atoms with Gasteiger partial charge in [-0.15, -0.1) is 0 Å². The first-order valence-electron chi connectivity index (χ1n) is 8.88. The first-order valence-corrected chi connectivity index (χ1v) is 8.88. The molecule has 3 aliphatic rings. The fourth-order valence-corrected chi connectivity index (χ4v) is 4.33. The van der Waals surface area contributed by atoms with Crippen molar-refractivity contribution in [3.8, 4) is 0 Å². The predicted molar refractivity (Wildman–Crippen MR) is 83.2 cm³/mol. The fraction of sp³-hybridized carbons (Fsp3) is 0.941. The molecule has 1 unspecified atom stereocenters. The van der Waals surface area contributed by atoms with Gasteiger partial charge in [0.05, 0.1) is 5.60 Å². The fourth-order valence-electron chi connectivity index (χ4n) is 4.33. The number of piperidine rings is 2. The van der Waals surface area contributed by atoms with Crippen molar-refractivity contribution in [2.75, 3.05) is 32.8 Å². The summed E-state index contributed by atoms with van der Waals surface area (Å²) in [6.07, 6.45) is 9.20. The van der Waals surface area contributed by atoms with Crippen LogP contribution in [-0.2, 0) is 9.53 Å². The summed E-state index contributed by atoms with van der Waals surface area (Å²) >= 11 is 0. The number of ether oxygens (including phenoxy) is 1. The van der Waals surface area contributed by atoms with Gasteiger partial charge in [0, 0.05) is 32.2 Å². The Bertz CT molecular complexity index is 358. The molecule has 3 rings (SSSR count). The van der Waals surface area contributed by atoms with Crippen molar-refractivity contribution in [1.82, 2.24) is 9.80 Å². The van der Waals surface area contributed by atoms with Gasteiger partial charge in [0.1, 0.15) is 0 Å². The molecule has 0 aromatic carbocycles. The molecule has 0 radical (unpaired) electrons. The van der Waals surface area contributed by atoms with Crippen molar-refractivity contribution in [2.24, 2.45) is 0 Å². The molecule has 1 spiro atoms. The van der Waals surface area contributed by atoms with E-state index in [0.717, 1.165) is 32.5 Å². The highest BCUT2D eigenvalue weighted by Crippen LogP contribution is 2.37. The van der Waals surface area contributed by atoms with Gasteiger partial charge in [-0.25, -0.2) is 0 Å². The lowest BCUT2D eigenvalue weighted by Crippen LogP contribution is -2.55. The monoisotopic (exact) mass is 294 g/mol. The van der Waals surface area contributed by atoms with E-state index < -0.39 is 0 Å². The molecule has 4 heteroatoms. The zero-order valence-corrected chi connectivity index (χ0v) is 13.5. The third kappa shape index (κ3) is 3.42. The molecule has 0 N–H and O–H groups in total. The number of carbonyl (C=O) groups excluding carboxylic acids is 1. The minimum absolute atomic E-state index is 0.0604. The molecule has 0 aliphatic carbocycles. The van der Waals surface area contributed by atoms with Crippen molar-refractivity contribution >= 4 is 5.91 Å². The maximum atomic E-state index is 11.8. The minimum atomic E-state index is 0.0604. The standard InChI is InChI=1S/C17H30N2O2/c1-2-16(20)19-11-7-17(8-12-19)14-15(6-13-21-17)18-9-4-3-5-10-18/h15H,2-14H2,1H3. The van der Waals surface area contributed by atoms with Gasteiger partial charge in [-0.1, -0.05) is 13.3 Å². The van der Waals surface area contributed by atoms with Crippen LogP contribution in [0, 0.1) is 0 Å². The van der Waals surface area contributed by atoms with Gasteiger partial charge < -0.3 is 14.5 Å².